The highest BCUT2D eigenvalue weighted by Crippen LogP contribution is 2.36. The molecule has 0 bridgehead atoms. The molecule has 2 aromatic rings. The van der Waals surface area contributed by atoms with Gasteiger partial charge >= 0.3 is 0 Å². The third-order valence-electron chi connectivity index (χ3n) is 3.47. The van der Waals surface area contributed by atoms with Crippen LogP contribution in [0.15, 0.2) is 41.3 Å². The predicted octanol–water partition coefficient (Wildman–Crippen LogP) is 4.47. The van der Waals surface area contributed by atoms with E-state index in [9.17, 15) is 0 Å². The normalized spacial score (nSPS) is 14.4. The van der Waals surface area contributed by atoms with Crippen molar-refractivity contribution in [2.75, 3.05) is 0 Å². The molecule has 1 aromatic heterocycles. The topological polar surface area (TPSA) is 13.1 Å². The molecule has 0 fully saturated rings. The molecule has 0 radical (unpaired) electrons. The molecule has 0 atom stereocenters. The fraction of sp³-hybridized carbons (Fsp3) is 0.250. The molecule has 1 heteroatoms. The summed E-state index contributed by atoms with van der Waals surface area (Å²) < 4.78 is 5.98. The van der Waals surface area contributed by atoms with Crippen LogP contribution >= 0.6 is 0 Å². The minimum atomic E-state index is 0.971. The molecule has 0 N–H and O–H groups in total. The summed E-state index contributed by atoms with van der Waals surface area (Å²) >= 11 is 0. The zero-order valence-electron chi connectivity index (χ0n) is 9.91. The highest BCUT2D eigenvalue weighted by molar-refractivity contribution is 5.67. The second kappa shape index (κ2) is 4.25. The summed E-state index contributed by atoms with van der Waals surface area (Å²) in [5.74, 6) is 2.02. The number of furan rings is 1. The minimum Gasteiger partial charge on any atom is -0.456 e. The molecule has 1 aliphatic carbocycles. The summed E-state index contributed by atoms with van der Waals surface area (Å²) in [5, 5.41) is 0. The first kappa shape index (κ1) is 10.4. The van der Waals surface area contributed by atoms with Gasteiger partial charge in [-0.05, 0) is 31.8 Å². The van der Waals surface area contributed by atoms with Gasteiger partial charge in [0.25, 0.3) is 0 Å². The highest BCUT2D eigenvalue weighted by atomic mass is 16.3. The van der Waals surface area contributed by atoms with Crippen molar-refractivity contribution in [2.45, 2.75) is 25.7 Å². The number of benzene rings is 1. The largest absolute Gasteiger partial charge is 0.456 e. The molecule has 0 saturated carbocycles. The van der Waals surface area contributed by atoms with E-state index in [2.05, 4.69) is 30.8 Å². The van der Waals surface area contributed by atoms with Crippen LogP contribution in [0, 0.1) is 0 Å². The summed E-state index contributed by atoms with van der Waals surface area (Å²) in [6.45, 7) is 3.85. The Balaban J connectivity index is 2.17. The van der Waals surface area contributed by atoms with Gasteiger partial charge in [0.2, 0.25) is 0 Å². The van der Waals surface area contributed by atoms with Crippen molar-refractivity contribution in [3.05, 3.63) is 53.8 Å². The molecular formula is C16H16O. The molecular weight excluding hydrogens is 208 g/mol. The molecule has 1 heterocycles. The van der Waals surface area contributed by atoms with E-state index in [0.29, 0.717) is 0 Å². The molecule has 0 aliphatic heterocycles. The fourth-order valence-corrected chi connectivity index (χ4v) is 2.65. The van der Waals surface area contributed by atoms with Gasteiger partial charge in [0, 0.05) is 16.7 Å². The molecule has 17 heavy (non-hydrogen) atoms. The van der Waals surface area contributed by atoms with Crippen LogP contribution in [0.3, 0.4) is 0 Å². The van der Waals surface area contributed by atoms with Crippen molar-refractivity contribution in [2.24, 2.45) is 0 Å². The lowest BCUT2D eigenvalue weighted by molar-refractivity contribution is 0.567. The monoisotopic (exact) mass is 224 g/mol. The predicted molar refractivity (Wildman–Crippen MR) is 70.9 cm³/mol. The first-order valence-electron chi connectivity index (χ1n) is 6.22. The van der Waals surface area contributed by atoms with E-state index in [1.807, 2.05) is 12.1 Å². The van der Waals surface area contributed by atoms with Crippen molar-refractivity contribution < 1.29 is 4.42 Å². The Hall–Kier alpha value is -1.76. The van der Waals surface area contributed by atoms with E-state index in [1.165, 1.54) is 29.5 Å². The zero-order valence-corrected chi connectivity index (χ0v) is 9.91. The van der Waals surface area contributed by atoms with E-state index in [0.717, 1.165) is 24.4 Å². The molecule has 0 amide bonds. The SMILES string of the molecule is C=Cc1oc(-c2ccccc2)c2c1CCCC2. The third-order valence-corrected chi connectivity index (χ3v) is 3.47. The van der Waals surface area contributed by atoms with Gasteiger partial charge in [-0.3, -0.25) is 0 Å². The van der Waals surface area contributed by atoms with Gasteiger partial charge in [-0.15, -0.1) is 0 Å². The van der Waals surface area contributed by atoms with Crippen LogP contribution in [0.1, 0.15) is 29.7 Å². The minimum absolute atomic E-state index is 0.971. The summed E-state index contributed by atoms with van der Waals surface area (Å²) in [5.41, 5.74) is 3.96. The van der Waals surface area contributed by atoms with Crippen LogP contribution in [0.5, 0.6) is 0 Å². The van der Waals surface area contributed by atoms with Gasteiger partial charge in [-0.1, -0.05) is 36.9 Å². The molecule has 0 unspecified atom stereocenters. The number of fused-ring (bicyclic) bond motifs is 1. The Morgan fingerprint density at radius 3 is 2.41 bits per heavy atom. The average molecular weight is 224 g/mol. The summed E-state index contributed by atoms with van der Waals surface area (Å²) in [4.78, 5) is 0. The highest BCUT2D eigenvalue weighted by Gasteiger charge is 2.21. The van der Waals surface area contributed by atoms with E-state index in [4.69, 9.17) is 4.42 Å². The van der Waals surface area contributed by atoms with E-state index in [-0.39, 0.29) is 0 Å². The van der Waals surface area contributed by atoms with Gasteiger partial charge in [0.05, 0.1) is 0 Å². The van der Waals surface area contributed by atoms with Crippen LogP contribution in [0.4, 0.5) is 0 Å². The van der Waals surface area contributed by atoms with Crippen LogP contribution < -0.4 is 0 Å². The fourth-order valence-electron chi connectivity index (χ4n) is 2.65. The van der Waals surface area contributed by atoms with Gasteiger partial charge in [-0.2, -0.15) is 0 Å². The first-order valence-corrected chi connectivity index (χ1v) is 6.22. The molecule has 0 spiro atoms. The van der Waals surface area contributed by atoms with Crippen molar-refractivity contribution in [1.29, 1.82) is 0 Å². The number of rotatable bonds is 2. The molecule has 1 aromatic carbocycles. The summed E-state index contributed by atoms with van der Waals surface area (Å²) in [7, 11) is 0. The van der Waals surface area contributed by atoms with Gasteiger partial charge in [0.15, 0.2) is 0 Å². The van der Waals surface area contributed by atoms with Crippen LogP contribution in [0.2, 0.25) is 0 Å². The molecule has 1 nitrogen and oxygen atoms in total. The van der Waals surface area contributed by atoms with Gasteiger partial charge in [0.1, 0.15) is 11.5 Å². The van der Waals surface area contributed by atoms with Crippen molar-refractivity contribution in [3.63, 3.8) is 0 Å². The Bertz CT molecular complexity index is 534. The first-order chi connectivity index (χ1) is 8.40. The average Bonchev–Trinajstić information content (AvgIpc) is 2.78. The quantitative estimate of drug-likeness (QED) is 0.733. The van der Waals surface area contributed by atoms with Crippen LogP contribution in [-0.2, 0) is 12.8 Å². The third kappa shape index (κ3) is 1.72. The molecule has 86 valence electrons. The second-order valence-electron chi connectivity index (χ2n) is 4.53. The second-order valence-corrected chi connectivity index (χ2v) is 4.53. The van der Waals surface area contributed by atoms with Crippen molar-refractivity contribution >= 4 is 6.08 Å². The standard InChI is InChI=1S/C16H16O/c1-2-15-13-10-6-7-11-14(13)16(17-15)12-8-4-3-5-9-12/h2-5,8-9H,1,6-7,10-11H2. The van der Waals surface area contributed by atoms with Crippen LogP contribution in [-0.4, -0.2) is 0 Å². The maximum Gasteiger partial charge on any atom is 0.138 e. The lowest BCUT2D eigenvalue weighted by atomic mass is 9.90. The lowest BCUT2D eigenvalue weighted by Crippen LogP contribution is -2.01. The van der Waals surface area contributed by atoms with E-state index in [1.54, 1.807) is 0 Å². The Kier molecular flexibility index (Phi) is 2.60. The Morgan fingerprint density at radius 1 is 1.00 bits per heavy atom. The van der Waals surface area contributed by atoms with Gasteiger partial charge < -0.3 is 4.42 Å². The number of hydrogen-bond acceptors (Lipinski definition) is 1. The maximum atomic E-state index is 5.98. The van der Waals surface area contributed by atoms with Crippen molar-refractivity contribution in [1.82, 2.24) is 0 Å². The van der Waals surface area contributed by atoms with E-state index < -0.39 is 0 Å². The Morgan fingerprint density at radius 2 is 1.71 bits per heavy atom. The zero-order chi connectivity index (χ0) is 11.7. The lowest BCUT2D eigenvalue weighted by Gasteiger charge is -2.11. The smallest absolute Gasteiger partial charge is 0.138 e. The van der Waals surface area contributed by atoms with Crippen LogP contribution in [0.25, 0.3) is 17.4 Å². The molecule has 1 aliphatic rings. The maximum absolute atomic E-state index is 5.98. The molecule has 0 saturated heterocycles. The summed E-state index contributed by atoms with van der Waals surface area (Å²) in [6.07, 6.45) is 6.64. The van der Waals surface area contributed by atoms with Crippen molar-refractivity contribution in [3.8, 4) is 11.3 Å². The summed E-state index contributed by atoms with van der Waals surface area (Å²) in [6, 6.07) is 10.4. The molecule has 3 rings (SSSR count). The Labute approximate surface area is 102 Å². The van der Waals surface area contributed by atoms with Gasteiger partial charge in [-0.25, -0.2) is 0 Å². The number of hydrogen-bond donors (Lipinski definition) is 0. The van der Waals surface area contributed by atoms with E-state index >= 15 is 0 Å².